The number of hydrogen-bond acceptors (Lipinski definition) is 3. The summed E-state index contributed by atoms with van der Waals surface area (Å²) in [6.07, 6.45) is -3.17. The summed E-state index contributed by atoms with van der Waals surface area (Å²) in [5.41, 5.74) is 0. The van der Waals surface area contributed by atoms with Crippen LogP contribution in [0.25, 0.3) is 0 Å². The highest BCUT2D eigenvalue weighted by atomic mass is 24.6. The van der Waals surface area contributed by atoms with E-state index < -0.39 is 38.5 Å². The van der Waals surface area contributed by atoms with Crippen LogP contribution in [0.1, 0.15) is 6.92 Å². The minimum absolute atomic E-state index is 0.587. The summed E-state index contributed by atoms with van der Waals surface area (Å²) in [6.45, 7) is 0.587. The highest BCUT2D eigenvalue weighted by Gasteiger charge is 2.38. The lowest BCUT2D eigenvalue weighted by Gasteiger charge is -2.12. The second kappa shape index (κ2) is 6.89. The molecule has 0 aromatic carbocycles. The van der Waals surface area contributed by atoms with Gasteiger partial charge in [0.25, 0.3) is 6.43 Å². The Hall–Kier alpha value is 0.431. The molecule has 1 atom stereocenters. The van der Waals surface area contributed by atoms with Crippen LogP contribution in [0.3, 0.4) is 0 Å². The summed E-state index contributed by atoms with van der Waals surface area (Å²) in [7, 11) is -2.17. The van der Waals surface area contributed by atoms with Crippen molar-refractivity contribution in [2.75, 3.05) is 0 Å². The molecule has 0 aliphatic heterocycles. The lowest BCUT2D eigenvalue weighted by atomic mass is 10.3. The van der Waals surface area contributed by atoms with E-state index in [1.807, 2.05) is 0 Å². The quantitative estimate of drug-likeness (QED) is 0.417. The molecule has 3 nitrogen and oxygen atoms in total. The zero-order valence-electron chi connectivity index (χ0n) is 6.22. The summed E-state index contributed by atoms with van der Waals surface area (Å²) in [6, 6.07) is 0. The number of alkyl halides is 3. The molecule has 0 heterocycles. The minimum atomic E-state index is -3.17. The van der Waals surface area contributed by atoms with Crippen molar-refractivity contribution >= 4 is 28.2 Å². The molecule has 0 amide bonds. The van der Waals surface area contributed by atoms with Crippen molar-refractivity contribution in [2.45, 2.75) is 17.1 Å². The highest BCUT2D eigenvalue weighted by Crippen LogP contribution is 2.18. The Kier molecular flexibility index (Phi) is 8.58. The molecular weight excluding hydrogens is 195 g/mol. The molecule has 0 aliphatic carbocycles. The summed E-state index contributed by atoms with van der Waals surface area (Å²) in [4.78, 5) is 0. The second-order valence-electron chi connectivity index (χ2n) is 2.06. The Morgan fingerprint density at radius 2 is 1.58 bits per heavy atom. The van der Waals surface area contributed by atoms with Gasteiger partial charge in [-0.15, -0.1) is 0 Å². The van der Waals surface area contributed by atoms with E-state index in [1.54, 1.807) is 0 Å². The van der Waals surface area contributed by atoms with Gasteiger partial charge in [-0.1, -0.05) is 0 Å². The Morgan fingerprint density at radius 1 is 1.33 bits per heavy atom. The van der Waals surface area contributed by atoms with Crippen LogP contribution in [0.15, 0.2) is 0 Å². The third-order valence-corrected chi connectivity index (χ3v) is 1.55. The monoisotopic (exact) mass is 202 g/mol. The van der Waals surface area contributed by atoms with Gasteiger partial charge in [0.05, 0.1) is 0 Å². The number of rotatable bonds is 2. The molecule has 0 aromatic rings. The van der Waals surface area contributed by atoms with Crippen molar-refractivity contribution in [1.29, 1.82) is 0 Å². The van der Waals surface area contributed by atoms with Gasteiger partial charge in [-0.3, -0.25) is 4.39 Å². The average molecular weight is 202 g/mol. The fraction of sp³-hybridized carbons (Fsp3) is 1.00. The maximum absolute atomic E-state index is 11.9. The van der Waals surface area contributed by atoms with Crippen molar-refractivity contribution in [3.05, 3.63) is 0 Å². The highest BCUT2D eigenvalue weighted by molar-refractivity contribution is 6.31. The van der Waals surface area contributed by atoms with E-state index in [9.17, 15) is 16.1 Å². The van der Waals surface area contributed by atoms with Crippen molar-refractivity contribution in [3.63, 3.8) is 0 Å². The normalized spacial score (nSPS) is 14.1. The van der Waals surface area contributed by atoms with Crippen molar-refractivity contribution < 1.29 is 31.2 Å². The van der Waals surface area contributed by atoms with E-state index in [1.165, 1.54) is 0 Å². The van der Waals surface area contributed by atoms with Crippen LogP contribution < -0.4 is 0 Å². The first-order chi connectivity index (χ1) is 5.24. The molecule has 1 unspecified atom stereocenters. The van der Waals surface area contributed by atoms with E-state index in [0.717, 1.165) is 0 Å². The van der Waals surface area contributed by atoms with Gasteiger partial charge < -0.3 is 18.0 Å². The van der Waals surface area contributed by atoms with Crippen LogP contribution in [0, 0.1) is 0 Å². The molecule has 0 saturated heterocycles. The smallest absolute Gasteiger partial charge is 0.481 e. The van der Waals surface area contributed by atoms with E-state index in [-0.39, 0.29) is 0 Å². The minimum Gasteiger partial charge on any atom is -0.481 e. The van der Waals surface area contributed by atoms with E-state index in [2.05, 4.69) is 0 Å². The van der Waals surface area contributed by atoms with Crippen LogP contribution in [0.4, 0.5) is 16.1 Å². The van der Waals surface area contributed by atoms with Gasteiger partial charge in [0.15, 0.2) is 0 Å². The summed E-state index contributed by atoms with van der Waals surface area (Å²) < 4.78 is 42.8. The molecule has 0 fully saturated rings. The van der Waals surface area contributed by atoms with Gasteiger partial charge in [-0.05, 0) is 6.92 Å². The van der Waals surface area contributed by atoms with Crippen LogP contribution in [-0.2, 0) is 0 Å². The standard InChI is InChI=1S/C3H4F3.BH3O3.FH.Mg/c1-2(4)3(5)6;2-1(3)4;;/h3H,1H3;2-4H;1H;/q;;;+1/p-1. The largest absolute Gasteiger partial charge is 0.663 e. The van der Waals surface area contributed by atoms with Crippen LogP contribution in [-0.4, -0.2) is 53.5 Å². The topological polar surface area (TPSA) is 60.7 Å². The Bertz CT molecular complexity index is 111. The Morgan fingerprint density at radius 3 is 1.58 bits per heavy atom. The zero-order chi connectivity index (χ0) is 10.4. The summed E-state index contributed by atoms with van der Waals surface area (Å²) in [5, 5.41) is 21.5. The molecule has 0 aliphatic rings. The predicted octanol–water partition coefficient (Wildman–Crippen LogP) is -0.526. The fourth-order valence-corrected chi connectivity index (χ4v) is 0.175. The van der Waals surface area contributed by atoms with Gasteiger partial charge in [0.1, 0.15) is 3.80 Å². The Labute approximate surface area is 77.0 Å². The molecule has 12 heavy (non-hydrogen) atoms. The molecule has 70 valence electrons. The summed E-state index contributed by atoms with van der Waals surface area (Å²) >= 11 is -2.72. The molecule has 9 heteroatoms. The van der Waals surface area contributed by atoms with Gasteiger partial charge >= 0.3 is 28.2 Å². The summed E-state index contributed by atoms with van der Waals surface area (Å²) in [5.74, 6) is 0. The molecule has 0 rings (SSSR count). The van der Waals surface area contributed by atoms with Crippen molar-refractivity contribution in [3.8, 4) is 0 Å². The van der Waals surface area contributed by atoms with E-state index >= 15 is 0 Å². The van der Waals surface area contributed by atoms with E-state index in [0.29, 0.717) is 6.92 Å². The first-order valence-corrected chi connectivity index (χ1v) is 4.05. The third-order valence-electron chi connectivity index (χ3n) is 0.716. The lowest BCUT2D eigenvalue weighted by Crippen LogP contribution is -2.32. The van der Waals surface area contributed by atoms with Gasteiger partial charge in [0, 0.05) is 0 Å². The first-order valence-electron chi connectivity index (χ1n) is 2.81. The molecule has 3 N–H and O–H groups in total. The van der Waals surface area contributed by atoms with Crippen LogP contribution >= 0.6 is 0 Å². The van der Waals surface area contributed by atoms with Gasteiger partial charge in [0.2, 0.25) is 0 Å². The molecule has 0 bridgehead atoms. The third kappa shape index (κ3) is 10.4. The lowest BCUT2D eigenvalue weighted by molar-refractivity contribution is 0.0271. The van der Waals surface area contributed by atoms with E-state index in [4.69, 9.17) is 15.1 Å². The second-order valence-corrected chi connectivity index (χ2v) is 3.71. The average Bonchev–Trinajstić information content (AvgIpc) is 1.86. The first kappa shape index (κ1) is 14.9. The van der Waals surface area contributed by atoms with Gasteiger partial charge in [-0.25, -0.2) is 8.78 Å². The molecule has 0 saturated carbocycles. The van der Waals surface area contributed by atoms with Crippen molar-refractivity contribution in [2.24, 2.45) is 0 Å². The van der Waals surface area contributed by atoms with Crippen LogP contribution in [0.5, 0.6) is 0 Å². The fourth-order valence-electron chi connectivity index (χ4n) is 0.0583. The molecule has 0 radical (unpaired) electrons. The SMILES string of the molecule is C[C](F)([Mg][F])C(F)F.OB(O)O. The molecule has 0 aromatic heterocycles. The Balaban J connectivity index is 0. The number of halogens is 4. The molecular formula is C3H7BF4MgO3. The van der Waals surface area contributed by atoms with Gasteiger partial charge in [-0.2, -0.15) is 0 Å². The maximum atomic E-state index is 11.9. The predicted molar refractivity (Wildman–Crippen MR) is 34.8 cm³/mol. The van der Waals surface area contributed by atoms with Crippen LogP contribution in [0.2, 0.25) is 0 Å². The molecule has 0 spiro atoms. The number of hydrogen-bond donors (Lipinski definition) is 3. The van der Waals surface area contributed by atoms with Crippen molar-refractivity contribution in [1.82, 2.24) is 0 Å². The maximum Gasteiger partial charge on any atom is 0.663 e. The zero-order valence-corrected chi connectivity index (χ0v) is 7.63.